The monoisotopic (exact) mass is 276 g/mol. The molecule has 20 heavy (non-hydrogen) atoms. The van der Waals surface area contributed by atoms with Crippen LogP contribution in [0.5, 0.6) is 0 Å². The molecule has 1 atom stereocenters. The molecule has 1 saturated carbocycles. The number of rotatable bonds is 7. The minimum Gasteiger partial charge on any atom is -0.333 e. The summed E-state index contributed by atoms with van der Waals surface area (Å²) in [6.45, 7) is 6.80. The maximum absolute atomic E-state index is 4.34. The molecule has 1 saturated heterocycles. The van der Waals surface area contributed by atoms with Crippen LogP contribution in [0.15, 0.2) is 12.5 Å². The molecule has 1 aliphatic carbocycles. The number of hydrogen-bond acceptors (Lipinski definition) is 3. The summed E-state index contributed by atoms with van der Waals surface area (Å²) >= 11 is 0. The van der Waals surface area contributed by atoms with Gasteiger partial charge in [0, 0.05) is 37.9 Å². The molecule has 2 heterocycles. The first-order valence-corrected chi connectivity index (χ1v) is 8.33. The van der Waals surface area contributed by atoms with Crippen molar-refractivity contribution in [3.63, 3.8) is 0 Å². The summed E-state index contributed by atoms with van der Waals surface area (Å²) in [4.78, 5) is 7.00. The highest BCUT2D eigenvalue weighted by atomic mass is 15.2. The second-order valence-electron chi connectivity index (χ2n) is 6.38. The summed E-state index contributed by atoms with van der Waals surface area (Å²) in [5, 5.41) is 3.71. The lowest BCUT2D eigenvalue weighted by atomic mass is 10.0. The van der Waals surface area contributed by atoms with E-state index in [4.69, 9.17) is 0 Å². The van der Waals surface area contributed by atoms with Crippen molar-refractivity contribution in [2.45, 2.75) is 70.6 Å². The molecule has 3 rings (SSSR count). The molecule has 112 valence electrons. The third kappa shape index (κ3) is 3.61. The van der Waals surface area contributed by atoms with Crippen LogP contribution < -0.4 is 5.32 Å². The van der Waals surface area contributed by atoms with E-state index in [-0.39, 0.29) is 0 Å². The molecule has 4 nitrogen and oxygen atoms in total. The number of nitrogens with one attached hydrogen (secondary N) is 1. The van der Waals surface area contributed by atoms with Crippen LogP contribution in [0, 0.1) is 0 Å². The Hall–Kier alpha value is -0.870. The summed E-state index contributed by atoms with van der Waals surface area (Å²) in [7, 11) is 0. The number of imidazole rings is 1. The van der Waals surface area contributed by atoms with Crippen molar-refractivity contribution in [2.24, 2.45) is 0 Å². The molecule has 0 radical (unpaired) electrons. The highest BCUT2D eigenvalue weighted by Crippen LogP contribution is 2.22. The minimum absolute atomic E-state index is 0.717. The summed E-state index contributed by atoms with van der Waals surface area (Å²) in [5.41, 5.74) is 1.38. The Labute approximate surface area is 122 Å². The van der Waals surface area contributed by atoms with Crippen molar-refractivity contribution in [3.05, 3.63) is 18.2 Å². The van der Waals surface area contributed by atoms with Gasteiger partial charge >= 0.3 is 0 Å². The quantitative estimate of drug-likeness (QED) is 0.830. The van der Waals surface area contributed by atoms with Gasteiger partial charge in [0.25, 0.3) is 0 Å². The Morgan fingerprint density at radius 2 is 2.20 bits per heavy atom. The molecule has 1 N–H and O–H groups in total. The Kier molecular flexibility index (Phi) is 4.73. The molecular formula is C16H28N4. The zero-order valence-corrected chi connectivity index (χ0v) is 12.7. The first-order chi connectivity index (χ1) is 9.86. The first kappa shape index (κ1) is 14.1. The SMILES string of the molecule is CCCn1cncc1CN1CCCCC1CNC1CC1. The molecule has 2 fully saturated rings. The van der Waals surface area contributed by atoms with Crippen molar-refractivity contribution in [1.82, 2.24) is 19.8 Å². The molecule has 4 heteroatoms. The Bertz CT molecular complexity index is 410. The standard InChI is InChI=1S/C16H28N4/c1-2-8-20-13-17-10-16(20)12-19-9-4-3-5-15(19)11-18-14-6-7-14/h10,13-15,18H,2-9,11-12H2,1H3. The van der Waals surface area contributed by atoms with Crippen molar-refractivity contribution in [3.8, 4) is 0 Å². The van der Waals surface area contributed by atoms with Gasteiger partial charge in [-0.1, -0.05) is 13.3 Å². The van der Waals surface area contributed by atoms with Crippen LogP contribution in [0.2, 0.25) is 0 Å². The van der Waals surface area contributed by atoms with E-state index in [9.17, 15) is 0 Å². The maximum atomic E-state index is 4.34. The number of aromatic nitrogens is 2. The lowest BCUT2D eigenvalue weighted by Crippen LogP contribution is -2.45. The largest absolute Gasteiger partial charge is 0.333 e. The second kappa shape index (κ2) is 6.72. The molecule has 0 spiro atoms. The van der Waals surface area contributed by atoms with Crippen LogP contribution in [-0.2, 0) is 13.1 Å². The van der Waals surface area contributed by atoms with Gasteiger partial charge in [0.1, 0.15) is 0 Å². The van der Waals surface area contributed by atoms with Crippen LogP contribution in [0.25, 0.3) is 0 Å². The van der Waals surface area contributed by atoms with Gasteiger partial charge in [-0.15, -0.1) is 0 Å². The second-order valence-corrected chi connectivity index (χ2v) is 6.38. The van der Waals surface area contributed by atoms with Gasteiger partial charge in [0.15, 0.2) is 0 Å². The third-order valence-corrected chi connectivity index (χ3v) is 4.60. The van der Waals surface area contributed by atoms with Gasteiger partial charge in [-0.2, -0.15) is 0 Å². The van der Waals surface area contributed by atoms with Crippen LogP contribution in [0.4, 0.5) is 0 Å². The molecule has 1 aliphatic heterocycles. The van der Waals surface area contributed by atoms with Crippen molar-refractivity contribution < 1.29 is 0 Å². The Morgan fingerprint density at radius 1 is 1.30 bits per heavy atom. The van der Waals surface area contributed by atoms with Crippen LogP contribution in [0.3, 0.4) is 0 Å². The molecule has 1 unspecified atom stereocenters. The molecule has 2 aliphatic rings. The first-order valence-electron chi connectivity index (χ1n) is 8.33. The molecule has 0 aromatic carbocycles. The van der Waals surface area contributed by atoms with Crippen LogP contribution in [-0.4, -0.2) is 39.6 Å². The normalized spacial score (nSPS) is 24.1. The molecular weight excluding hydrogens is 248 g/mol. The molecule has 0 amide bonds. The topological polar surface area (TPSA) is 33.1 Å². The van der Waals surface area contributed by atoms with Gasteiger partial charge in [-0.25, -0.2) is 4.98 Å². The van der Waals surface area contributed by atoms with E-state index in [0.717, 1.165) is 19.1 Å². The zero-order chi connectivity index (χ0) is 13.8. The maximum Gasteiger partial charge on any atom is 0.0948 e. The number of hydrogen-bond donors (Lipinski definition) is 1. The van der Waals surface area contributed by atoms with E-state index in [0.29, 0.717) is 6.04 Å². The zero-order valence-electron chi connectivity index (χ0n) is 12.7. The number of nitrogens with zero attached hydrogens (tertiary/aromatic N) is 3. The third-order valence-electron chi connectivity index (χ3n) is 4.60. The fourth-order valence-electron chi connectivity index (χ4n) is 3.22. The highest BCUT2D eigenvalue weighted by Gasteiger charge is 2.26. The lowest BCUT2D eigenvalue weighted by molar-refractivity contribution is 0.134. The number of piperidine rings is 1. The van der Waals surface area contributed by atoms with E-state index in [1.165, 1.54) is 57.3 Å². The summed E-state index contributed by atoms with van der Waals surface area (Å²) < 4.78 is 2.32. The Morgan fingerprint density at radius 3 is 3.00 bits per heavy atom. The summed E-state index contributed by atoms with van der Waals surface area (Å²) in [6.07, 6.45) is 12.1. The predicted molar refractivity (Wildman–Crippen MR) is 81.6 cm³/mol. The van der Waals surface area contributed by atoms with Gasteiger partial charge in [0.05, 0.1) is 12.0 Å². The highest BCUT2D eigenvalue weighted by molar-refractivity contribution is 5.00. The van der Waals surface area contributed by atoms with E-state index in [1.807, 2.05) is 6.33 Å². The predicted octanol–water partition coefficient (Wildman–Crippen LogP) is 2.40. The Balaban J connectivity index is 1.58. The molecule has 1 aromatic rings. The average Bonchev–Trinajstić information content (AvgIpc) is 3.20. The number of likely N-dealkylation sites (tertiary alicyclic amines) is 1. The lowest BCUT2D eigenvalue weighted by Gasteiger charge is -2.36. The molecule has 1 aromatic heterocycles. The van der Waals surface area contributed by atoms with Gasteiger partial charge in [-0.3, -0.25) is 4.90 Å². The van der Waals surface area contributed by atoms with Crippen molar-refractivity contribution in [1.29, 1.82) is 0 Å². The van der Waals surface area contributed by atoms with E-state index in [2.05, 4.69) is 32.9 Å². The van der Waals surface area contributed by atoms with E-state index in [1.54, 1.807) is 0 Å². The number of aryl methyl sites for hydroxylation is 1. The van der Waals surface area contributed by atoms with Gasteiger partial charge < -0.3 is 9.88 Å². The average molecular weight is 276 g/mol. The molecule has 0 bridgehead atoms. The van der Waals surface area contributed by atoms with E-state index < -0.39 is 0 Å². The minimum atomic E-state index is 0.717. The van der Waals surface area contributed by atoms with Crippen LogP contribution >= 0.6 is 0 Å². The van der Waals surface area contributed by atoms with Gasteiger partial charge in [0.2, 0.25) is 0 Å². The summed E-state index contributed by atoms with van der Waals surface area (Å²) in [6, 6.07) is 1.54. The summed E-state index contributed by atoms with van der Waals surface area (Å²) in [5.74, 6) is 0. The fourth-order valence-corrected chi connectivity index (χ4v) is 3.22. The van der Waals surface area contributed by atoms with Gasteiger partial charge in [-0.05, 0) is 38.6 Å². The fraction of sp³-hybridized carbons (Fsp3) is 0.812. The van der Waals surface area contributed by atoms with E-state index >= 15 is 0 Å². The van der Waals surface area contributed by atoms with Crippen molar-refractivity contribution in [2.75, 3.05) is 13.1 Å². The van der Waals surface area contributed by atoms with Crippen LogP contribution in [0.1, 0.15) is 51.1 Å². The smallest absolute Gasteiger partial charge is 0.0948 e. The van der Waals surface area contributed by atoms with Crippen molar-refractivity contribution >= 4 is 0 Å².